The smallest absolute Gasteiger partial charge is 0.251 e. The fourth-order valence-electron chi connectivity index (χ4n) is 4.20. The Labute approximate surface area is 210 Å². The first kappa shape index (κ1) is 26.2. The highest BCUT2D eigenvalue weighted by atomic mass is 16.2. The first-order chi connectivity index (χ1) is 16.4. The Bertz CT molecular complexity index is 1080. The van der Waals surface area contributed by atoms with Crippen LogP contribution in [0.2, 0.25) is 0 Å². The monoisotopic (exact) mass is 470 g/mol. The number of carbonyl (C=O) groups excluding carboxylic acids is 2. The molecule has 0 aliphatic rings. The highest BCUT2D eigenvalue weighted by Crippen LogP contribution is 2.32. The van der Waals surface area contributed by atoms with Gasteiger partial charge in [-0.1, -0.05) is 108 Å². The van der Waals surface area contributed by atoms with E-state index in [1.807, 2.05) is 72.8 Å². The molecule has 0 saturated heterocycles. The van der Waals surface area contributed by atoms with Gasteiger partial charge in [-0.05, 0) is 45.2 Å². The minimum Gasteiger partial charge on any atom is -0.357 e. The summed E-state index contributed by atoms with van der Waals surface area (Å²) in [7, 11) is 1.60. The maximum Gasteiger partial charge on any atom is 0.251 e. The molecule has 1 atom stereocenters. The molecule has 2 N–H and O–H groups in total. The lowest BCUT2D eigenvalue weighted by Gasteiger charge is -2.29. The second-order valence-electron chi connectivity index (χ2n) is 11.2. The zero-order valence-electron chi connectivity index (χ0n) is 22.0. The van der Waals surface area contributed by atoms with E-state index in [1.165, 1.54) is 0 Å². The number of hydrogen-bond acceptors (Lipinski definition) is 2. The summed E-state index contributed by atoms with van der Waals surface area (Å²) in [4.78, 5) is 26.9. The summed E-state index contributed by atoms with van der Waals surface area (Å²) in [5.74, 6) is -0.833. The number of carbonyl (C=O) groups is 2. The standard InChI is InChI=1S/C31H38N2O2/c1-30(2,3)24-18-23(19-25(20-24)31(4,5)6)28(34)33-27(29(35)32-7)26(21-14-10-8-11-15-21)22-16-12-9-13-17-22/h8-20,26-27H,1-7H3,(H,32,35)(H,33,34). The number of benzene rings is 3. The molecule has 0 fully saturated rings. The van der Waals surface area contributed by atoms with Crippen LogP contribution in [-0.4, -0.2) is 24.9 Å². The van der Waals surface area contributed by atoms with Gasteiger partial charge in [0.1, 0.15) is 6.04 Å². The highest BCUT2D eigenvalue weighted by molar-refractivity contribution is 5.98. The van der Waals surface area contributed by atoms with Gasteiger partial charge in [-0.2, -0.15) is 0 Å². The molecular formula is C31H38N2O2. The quantitative estimate of drug-likeness (QED) is 0.467. The van der Waals surface area contributed by atoms with Crippen LogP contribution < -0.4 is 10.6 Å². The van der Waals surface area contributed by atoms with E-state index in [1.54, 1.807) is 7.05 Å². The Morgan fingerprint density at radius 1 is 0.686 bits per heavy atom. The Hall–Kier alpha value is -3.40. The minimum absolute atomic E-state index is 0.118. The lowest BCUT2D eigenvalue weighted by atomic mass is 9.79. The van der Waals surface area contributed by atoms with E-state index in [-0.39, 0.29) is 28.6 Å². The lowest BCUT2D eigenvalue weighted by molar-refractivity contribution is -0.122. The van der Waals surface area contributed by atoms with Gasteiger partial charge in [0.25, 0.3) is 5.91 Å². The van der Waals surface area contributed by atoms with Crippen LogP contribution in [-0.2, 0) is 15.6 Å². The second kappa shape index (κ2) is 10.5. The van der Waals surface area contributed by atoms with Gasteiger partial charge >= 0.3 is 0 Å². The van der Waals surface area contributed by atoms with Crippen LogP contribution in [0, 0.1) is 0 Å². The summed E-state index contributed by atoms with van der Waals surface area (Å²) in [6.45, 7) is 12.9. The van der Waals surface area contributed by atoms with E-state index >= 15 is 0 Å². The zero-order valence-corrected chi connectivity index (χ0v) is 22.0. The van der Waals surface area contributed by atoms with Crippen molar-refractivity contribution < 1.29 is 9.59 Å². The van der Waals surface area contributed by atoms with E-state index in [9.17, 15) is 9.59 Å². The molecule has 0 heterocycles. The van der Waals surface area contributed by atoms with Crippen LogP contribution in [0.1, 0.15) is 80.1 Å². The molecule has 3 rings (SSSR count). The molecule has 2 amide bonds. The van der Waals surface area contributed by atoms with Crippen molar-refractivity contribution in [2.75, 3.05) is 7.05 Å². The lowest BCUT2D eigenvalue weighted by Crippen LogP contribution is -2.49. The Morgan fingerprint density at radius 2 is 1.11 bits per heavy atom. The van der Waals surface area contributed by atoms with Gasteiger partial charge in [0.15, 0.2) is 0 Å². The topological polar surface area (TPSA) is 58.2 Å². The largest absolute Gasteiger partial charge is 0.357 e. The van der Waals surface area contributed by atoms with Crippen LogP contribution in [0.25, 0.3) is 0 Å². The van der Waals surface area contributed by atoms with Gasteiger partial charge in [0, 0.05) is 18.5 Å². The van der Waals surface area contributed by atoms with Crippen molar-refractivity contribution in [1.29, 1.82) is 0 Å². The normalized spacial score (nSPS) is 12.8. The third kappa shape index (κ3) is 6.39. The molecule has 3 aromatic rings. The van der Waals surface area contributed by atoms with Gasteiger partial charge in [0.05, 0.1) is 0 Å². The molecule has 4 heteroatoms. The molecule has 3 aromatic carbocycles. The van der Waals surface area contributed by atoms with Crippen LogP contribution in [0.15, 0.2) is 78.9 Å². The molecule has 4 nitrogen and oxygen atoms in total. The summed E-state index contributed by atoms with van der Waals surface area (Å²) in [5, 5.41) is 5.85. The van der Waals surface area contributed by atoms with Gasteiger partial charge in [-0.15, -0.1) is 0 Å². The fraction of sp³-hybridized carbons (Fsp3) is 0.355. The van der Waals surface area contributed by atoms with Crippen LogP contribution in [0.3, 0.4) is 0 Å². The van der Waals surface area contributed by atoms with Crippen molar-refractivity contribution in [2.24, 2.45) is 0 Å². The Kier molecular flexibility index (Phi) is 7.84. The third-order valence-electron chi connectivity index (χ3n) is 6.39. The van der Waals surface area contributed by atoms with Crippen molar-refractivity contribution in [3.05, 3.63) is 107 Å². The summed E-state index contributed by atoms with van der Waals surface area (Å²) in [6.07, 6.45) is 0. The average Bonchev–Trinajstić information content (AvgIpc) is 2.83. The van der Waals surface area contributed by atoms with Crippen molar-refractivity contribution in [3.8, 4) is 0 Å². The Morgan fingerprint density at radius 3 is 1.49 bits per heavy atom. The van der Waals surface area contributed by atoms with Gasteiger partial charge in [0.2, 0.25) is 5.91 Å². The summed E-state index contributed by atoms with van der Waals surface area (Å²) >= 11 is 0. The maximum atomic E-state index is 13.7. The number of nitrogens with one attached hydrogen (secondary N) is 2. The summed E-state index contributed by atoms with van der Waals surface area (Å²) in [6, 6.07) is 25.0. The number of rotatable bonds is 6. The number of amides is 2. The number of hydrogen-bond donors (Lipinski definition) is 2. The molecule has 35 heavy (non-hydrogen) atoms. The van der Waals surface area contributed by atoms with E-state index in [0.717, 1.165) is 22.3 Å². The first-order valence-corrected chi connectivity index (χ1v) is 12.2. The summed E-state index contributed by atoms with van der Waals surface area (Å²) in [5.41, 5.74) is 4.44. The molecule has 0 aromatic heterocycles. The number of likely N-dealkylation sites (N-methyl/N-ethyl adjacent to an activating group) is 1. The SMILES string of the molecule is CNC(=O)C(NC(=O)c1cc(C(C)(C)C)cc(C(C)(C)C)c1)C(c1ccccc1)c1ccccc1. The van der Waals surface area contributed by atoms with Crippen molar-refractivity contribution in [1.82, 2.24) is 10.6 Å². The average molecular weight is 471 g/mol. The third-order valence-corrected chi connectivity index (χ3v) is 6.39. The van der Waals surface area contributed by atoms with E-state index in [0.29, 0.717) is 5.56 Å². The van der Waals surface area contributed by atoms with Crippen LogP contribution >= 0.6 is 0 Å². The Balaban J connectivity index is 2.09. The maximum absolute atomic E-state index is 13.7. The van der Waals surface area contributed by atoms with Gasteiger partial charge in [-0.3, -0.25) is 9.59 Å². The van der Waals surface area contributed by atoms with E-state index < -0.39 is 6.04 Å². The molecule has 1 unspecified atom stereocenters. The first-order valence-electron chi connectivity index (χ1n) is 12.2. The predicted molar refractivity (Wildman–Crippen MR) is 144 cm³/mol. The van der Waals surface area contributed by atoms with E-state index in [4.69, 9.17) is 0 Å². The minimum atomic E-state index is -0.784. The van der Waals surface area contributed by atoms with Gasteiger partial charge in [-0.25, -0.2) is 0 Å². The highest BCUT2D eigenvalue weighted by Gasteiger charge is 2.32. The van der Waals surface area contributed by atoms with E-state index in [2.05, 4.69) is 58.2 Å². The van der Waals surface area contributed by atoms with Crippen LogP contribution in [0.4, 0.5) is 0 Å². The van der Waals surface area contributed by atoms with Crippen molar-refractivity contribution >= 4 is 11.8 Å². The molecule has 0 saturated carbocycles. The molecule has 0 spiro atoms. The second-order valence-corrected chi connectivity index (χ2v) is 11.2. The fourth-order valence-corrected chi connectivity index (χ4v) is 4.20. The summed E-state index contributed by atoms with van der Waals surface area (Å²) < 4.78 is 0. The van der Waals surface area contributed by atoms with Crippen molar-refractivity contribution in [2.45, 2.75) is 64.3 Å². The van der Waals surface area contributed by atoms with Crippen molar-refractivity contribution in [3.63, 3.8) is 0 Å². The molecule has 0 aliphatic carbocycles. The molecule has 0 radical (unpaired) electrons. The van der Waals surface area contributed by atoms with Gasteiger partial charge < -0.3 is 10.6 Å². The zero-order chi connectivity index (χ0) is 25.8. The molecule has 184 valence electrons. The molecule has 0 bridgehead atoms. The van der Waals surface area contributed by atoms with Crippen LogP contribution in [0.5, 0.6) is 0 Å². The predicted octanol–water partition coefficient (Wildman–Crippen LogP) is 5.96. The molecular weight excluding hydrogens is 432 g/mol. The molecule has 0 aliphatic heterocycles.